The highest BCUT2D eigenvalue weighted by Gasteiger charge is 2.21. The summed E-state index contributed by atoms with van der Waals surface area (Å²) in [6.07, 6.45) is 0. The van der Waals surface area contributed by atoms with Crippen molar-refractivity contribution in [1.82, 2.24) is 0 Å². The van der Waals surface area contributed by atoms with Crippen LogP contribution in [0.4, 0.5) is 4.39 Å². The number of aromatic hydroxyl groups is 1. The Morgan fingerprint density at radius 3 is 2.14 bits per heavy atom. The lowest BCUT2D eigenvalue weighted by Gasteiger charge is -2.14. The normalized spacial score (nSPS) is 11.1. The second kappa shape index (κ2) is 3.95. The quantitative estimate of drug-likeness (QED) is 0.723. The molecule has 1 rings (SSSR count). The third kappa shape index (κ3) is 1.69. The molecule has 0 bridgehead atoms. The van der Waals surface area contributed by atoms with Crippen LogP contribution in [0.1, 0.15) is 30.9 Å². The molecule has 14 heavy (non-hydrogen) atoms. The lowest BCUT2D eigenvalue weighted by Crippen LogP contribution is -1.98. The first-order valence-corrected chi connectivity index (χ1v) is 4.99. The zero-order valence-electron chi connectivity index (χ0n) is 8.16. The van der Waals surface area contributed by atoms with E-state index in [1.54, 1.807) is 13.8 Å². The molecule has 0 aliphatic rings. The number of rotatable bonds is 1. The van der Waals surface area contributed by atoms with Crippen LogP contribution in [0.5, 0.6) is 5.75 Å². The van der Waals surface area contributed by atoms with E-state index in [0.717, 1.165) is 0 Å². The second-order valence-electron chi connectivity index (χ2n) is 3.48. The van der Waals surface area contributed by atoms with Gasteiger partial charge in [0.2, 0.25) is 0 Å². The van der Waals surface area contributed by atoms with Gasteiger partial charge >= 0.3 is 0 Å². The van der Waals surface area contributed by atoms with Gasteiger partial charge in [-0.3, -0.25) is 0 Å². The lowest BCUT2D eigenvalue weighted by molar-refractivity contribution is 0.423. The van der Waals surface area contributed by atoms with Gasteiger partial charge < -0.3 is 5.11 Å². The second-order valence-corrected chi connectivity index (χ2v) is 4.24. The Morgan fingerprint density at radius 2 is 1.71 bits per heavy atom. The molecular weight excluding hydrogens is 226 g/mol. The number of halogens is 3. The van der Waals surface area contributed by atoms with Crippen LogP contribution in [-0.2, 0) is 0 Å². The molecule has 0 spiro atoms. The van der Waals surface area contributed by atoms with Gasteiger partial charge in [0.05, 0.1) is 10.0 Å². The van der Waals surface area contributed by atoms with Gasteiger partial charge in [-0.1, -0.05) is 37.0 Å². The summed E-state index contributed by atoms with van der Waals surface area (Å²) in [5, 5.41) is 9.83. The van der Waals surface area contributed by atoms with Crippen LogP contribution in [0.2, 0.25) is 10.0 Å². The van der Waals surface area contributed by atoms with Crippen molar-refractivity contribution < 1.29 is 9.50 Å². The number of hydrogen-bond acceptors (Lipinski definition) is 1. The largest absolute Gasteiger partial charge is 0.505 e. The van der Waals surface area contributed by atoms with Gasteiger partial charge in [0.15, 0.2) is 11.6 Å². The van der Waals surface area contributed by atoms with Gasteiger partial charge in [-0.25, -0.2) is 4.39 Å². The topological polar surface area (TPSA) is 20.2 Å². The van der Waals surface area contributed by atoms with E-state index < -0.39 is 11.6 Å². The van der Waals surface area contributed by atoms with Crippen molar-refractivity contribution in [3.05, 3.63) is 27.0 Å². The molecule has 1 aromatic rings. The van der Waals surface area contributed by atoms with Gasteiger partial charge in [-0.2, -0.15) is 0 Å². The third-order valence-electron chi connectivity index (χ3n) is 2.14. The van der Waals surface area contributed by atoms with E-state index >= 15 is 0 Å². The monoisotopic (exact) mass is 236 g/mol. The molecule has 78 valence electrons. The van der Waals surface area contributed by atoms with Crippen molar-refractivity contribution in [3.63, 3.8) is 0 Å². The Hall–Kier alpha value is -0.470. The molecule has 0 saturated carbocycles. The summed E-state index contributed by atoms with van der Waals surface area (Å²) < 4.78 is 13.6. The van der Waals surface area contributed by atoms with Crippen molar-refractivity contribution in [1.29, 1.82) is 0 Å². The molecule has 0 heterocycles. The first kappa shape index (κ1) is 11.6. The highest BCUT2D eigenvalue weighted by Crippen LogP contribution is 2.40. The Morgan fingerprint density at radius 1 is 1.21 bits per heavy atom. The van der Waals surface area contributed by atoms with E-state index in [1.807, 2.05) is 0 Å². The maximum atomic E-state index is 13.6. The summed E-state index contributed by atoms with van der Waals surface area (Å²) in [5.74, 6) is -1.21. The minimum Gasteiger partial charge on any atom is -0.505 e. The number of hydrogen-bond donors (Lipinski definition) is 1. The molecule has 0 radical (unpaired) electrons. The van der Waals surface area contributed by atoms with Crippen molar-refractivity contribution in [2.75, 3.05) is 0 Å². The zero-order valence-corrected chi connectivity index (χ0v) is 9.67. The molecule has 0 atom stereocenters. The van der Waals surface area contributed by atoms with Gasteiger partial charge in [-0.05, 0) is 12.8 Å². The molecule has 0 amide bonds. The van der Waals surface area contributed by atoms with Crippen molar-refractivity contribution in [2.45, 2.75) is 26.7 Å². The number of benzene rings is 1. The van der Waals surface area contributed by atoms with Crippen LogP contribution in [0, 0.1) is 12.7 Å². The fourth-order valence-corrected chi connectivity index (χ4v) is 1.92. The third-order valence-corrected chi connectivity index (χ3v) is 3.10. The van der Waals surface area contributed by atoms with Crippen LogP contribution in [0.25, 0.3) is 0 Å². The van der Waals surface area contributed by atoms with Gasteiger partial charge in [0, 0.05) is 11.1 Å². The van der Waals surface area contributed by atoms with E-state index in [2.05, 4.69) is 0 Å². The molecular formula is C10H11Cl2FO. The van der Waals surface area contributed by atoms with Crippen LogP contribution in [0.3, 0.4) is 0 Å². The molecule has 1 nitrogen and oxygen atoms in total. The molecule has 1 aromatic carbocycles. The van der Waals surface area contributed by atoms with Gasteiger partial charge in [0.25, 0.3) is 0 Å². The maximum absolute atomic E-state index is 13.6. The number of phenols is 1. The minimum atomic E-state index is -0.674. The summed E-state index contributed by atoms with van der Waals surface area (Å²) in [5.41, 5.74) is 0.540. The smallest absolute Gasteiger partial charge is 0.170 e. The lowest BCUT2D eigenvalue weighted by atomic mass is 10.00. The molecule has 0 aromatic heterocycles. The SMILES string of the molecule is Cc1c(O)c(F)c(C(C)C)c(Cl)c1Cl. The Labute approximate surface area is 92.5 Å². The summed E-state index contributed by atoms with van der Waals surface area (Å²) >= 11 is 11.7. The summed E-state index contributed by atoms with van der Waals surface area (Å²) in [4.78, 5) is 0. The standard InChI is InChI=1S/C10H11Cl2FO/c1-4(2)6-8(12)7(11)5(3)10(14)9(6)13/h4,14H,1-3H3. The highest BCUT2D eigenvalue weighted by atomic mass is 35.5. The van der Waals surface area contributed by atoms with Gasteiger partial charge in [0.1, 0.15) is 0 Å². The highest BCUT2D eigenvalue weighted by molar-refractivity contribution is 6.43. The molecule has 4 heteroatoms. The Balaban J connectivity index is 3.60. The molecule has 0 aliphatic carbocycles. The van der Waals surface area contributed by atoms with E-state index in [4.69, 9.17) is 23.2 Å². The Bertz CT molecular complexity index is 346. The Kier molecular flexibility index (Phi) is 3.28. The fourth-order valence-electron chi connectivity index (χ4n) is 1.28. The molecule has 0 saturated heterocycles. The first-order chi connectivity index (χ1) is 6.37. The summed E-state index contributed by atoms with van der Waals surface area (Å²) in [6.45, 7) is 5.10. The van der Waals surface area contributed by atoms with E-state index in [-0.39, 0.29) is 27.1 Å². The average Bonchev–Trinajstić information content (AvgIpc) is 2.11. The molecule has 0 aliphatic heterocycles. The van der Waals surface area contributed by atoms with Crippen LogP contribution in [0.15, 0.2) is 0 Å². The summed E-state index contributed by atoms with van der Waals surface area (Å²) in [6, 6.07) is 0. The number of phenolic OH excluding ortho intramolecular Hbond substituents is 1. The zero-order chi connectivity index (χ0) is 11.0. The molecule has 0 fully saturated rings. The van der Waals surface area contributed by atoms with Crippen LogP contribution in [-0.4, -0.2) is 5.11 Å². The average molecular weight is 237 g/mol. The summed E-state index contributed by atoms with van der Waals surface area (Å²) in [7, 11) is 0. The predicted molar refractivity (Wildman–Crippen MR) is 56.9 cm³/mol. The van der Waals surface area contributed by atoms with Crippen LogP contribution < -0.4 is 0 Å². The minimum absolute atomic E-state index is 0.119. The van der Waals surface area contributed by atoms with E-state index in [1.165, 1.54) is 6.92 Å². The van der Waals surface area contributed by atoms with E-state index in [0.29, 0.717) is 0 Å². The van der Waals surface area contributed by atoms with Crippen LogP contribution >= 0.6 is 23.2 Å². The first-order valence-electron chi connectivity index (χ1n) is 4.23. The maximum Gasteiger partial charge on any atom is 0.170 e. The van der Waals surface area contributed by atoms with Crippen molar-refractivity contribution in [3.8, 4) is 5.75 Å². The van der Waals surface area contributed by atoms with Crippen molar-refractivity contribution in [2.24, 2.45) is 0 Å². The van der Waals surface area contributed by atoms with E-state index in [9.17, 15) is 9.50 Å². The predicted octanol–water partition coefficient (Wildman–Crippen LogP) is 4.27. The molecule has 1 N–H and O–H groups in total. The fraction of sp³-hybridized carbons (Fsp3) is 0.400. The van der Waals surface area contributed by atoms with Crippen molar-refractivity contribution >= 4 is 23.2 Å². The molecule has 0 unspecified atom stereocenters. The van der Waals surface area contributed by atoms with Gasteiger partial charge in [-0.15, -0.1) is 0 Å².